The monoisotopic (exact) mass is 315 g/mol. The summed E-state index contributed by atoms with van der Waals surface area (Å²) in [4.78, 5) is 12.2. The summed E-state index contributed by atoms with van der Waals surface area (Å²) in [6.45, 7) is 7.15. The topological polar surface area (TPSA) is 65.4 Å². The second-order valence-corrected chi connectivity index (χ2v) is 5.78. The number of amides is 1. The molecule has 6 heteroatoms. The molecule has 0 spiro atoms. The number of carbonyl (C=O) groups excluding carboxylic acids is 1. The molecule has 0 radical (unpaired) electrons. The molecular weight excluding hydrogens is 294 g/mol. The summed E-state index contributed by atoms with van der Waals surface area (Å²) in [5.41, 5.74) is 2.87. The summed E-state index contributed by atoms with van der Waals surface area (Å²) in [6, 6.07) is 7.59. The van der Waals surface area contributed by atoms with E-state index < -0.39 is 0 Å². The first-order valence-electron chi connectivity index (χ1n) is 7.73. The van der Waals surface area contributed by atoms with E-state index in [-0.39, 0.29) is 18.5 Å². The molecule has 1 aliphatic heterocycles. The molecule has 0 bridgehead atoms. The highest BCUT2D eigenvalue weighted by atomic mass is 16.6. The molecule has 2 heterocycles. The van der Waals surface area contributed by atoms with Crippen molar-refractivity contribution in [1.82, 2.24) is 15.1 Å². The maximum atomic E-state index is 12.2. The Morgan fingerprint density at radius 2 is 2.00 bits per heavy atom. The third kappa shape index (κ3) is 3.47. The van der Waals surface area contributed by atoms with Gasteiger partial charge in [-0.05, 0) is 44.5 Å². The Balaban J connectivity index is 1.65. The molecule has 1 aromatic heterocycles. The minimum atomic E-state index is -0.115. The zero-order chi connectivity index (χ0) is 16.4. The first-order chi connectivity index (χ1) is 11.0. The van der Waals surface area contributed by atoms with Gasteiger partial charge in [0, 0.05) is 5.69 Å². The van der Waals surface area contributed by atoms with Crippen molar-refractivity contribution in [2.24, 2.45) is 0 Å². The van der Waals surface area contributed by atoms with Crippen molar-refractivity contribution >= 4 is 5.91 Å². The van der Waals surface area contributed by atoms with Gasteiger partial charge in [0.1, 0.15) is 19.8 Å². The van der Waals surface area contributed by atoms with E-state index in [9.17, 15) is 4.79 Å². The van der Waals surface area contributed by atoms with Crippen LogP contribution in [-0.2, 0) is 11.3 Å². The number of fused-ring (bicyclic) bond motifs is 1. The van der Waals surface area contributed by atoms with Gasteiger partial charge in [0.05, 0.1) is 11.7 Å². The van der Waals surface area contributed by atoms with Gasteiger partial charge in [-0.25, -0.2) is 0 Å². The van der Waals surface area contributed by atoms with Gasteiger partial charge in [-0.2, -0.15) is 5.10 Å². The number of carbonyl (C=O) groups is 1. The third-order valence-corrected chi connectivity index (χ3v) is 3.84. The lowest BCUT2D eigenvalue weighted by Gasteiger charge is -2.21. The van der Waals surface area contributed by atoms with Crippen LogP contribution in [-0.4, -0.2) is 28.9 Å². The molecule has 122 valence electrons. The number of ether oxygens (including phenoxy) is 2. The molecule has 0 saturated carbocycles. The molecular formula is C17H21N3O3. The predicted octanol–water partition coefficient (Wildman–Crippen LogP) is 2.15. The van der Waals surface area contributed by atoms with Crippen molar-refractivity contribution in [1.29, 1.82) is 0 Å². The number of hydrogen-bond acceptors (Lipinski definition) is 4. The number of aromatic nitrogens is 2. The Hall–Kier alpha value is -2.50. The van der Waals surface area contributed by atoms with Crippen molar-refractivity contribution in [3.05, 3.63) is 41.2 Å². The van der Waals surface area contributed by atoms with E-state index in [1.807, 2.05) is 45.0 Å². The molecule has 1 aromatic carbocycles. The number of rotatable bonds is 4. The molecule has 0 unspecified atom stereocenters. The van der Waals surface area contributed by atoms with Gasteiger partial charge < -0.3 is 14.8 Å². The molecule has 0 fully saturated rings. The molecule has 3 rings (SSSR count). The zero-order valence-corrected chi connectivity index (χ0v) is 13.6. The molecule has 1 amide bonds. The Labute approximate surface area is 135 Å². The van der Waals surface area contributed by atoms with Crippen molar-refractivity contribution < 1.29 is 14.3 Å². The summed E-state index contributed by atoms with van der Waals surface area (Å²) in [5, 5.41) is 7.30. The molecule has 1 N–H and O–H groups in total. The Morgan fingerprint density at radius 3 is 2.70 bits per heavy atom. The van der Waals surface area contributed by atoms with Gasteiger partial charge in [0.2, 0.25) is 5.91 Å². The Morgan fingerprint density at radius 1 is 1.26 bits per heavy atom. The van der Waals surface area contributed by atoms with E-state index in [4.69, 9.17) is 9.47 Å². The van der Waals surface area contributed by atoms with Crippen LogP contribution in [0.3, 0.4) is 0 Å². The molecule has 1 atom stereocenters. The predicted molar refractivity (Wildman–Crippen MR) is 85.7 cm³/mol. The number of nitrogens with zero attached hydrogens (tertiary/aromatic N) is 2. The standard InChI is InChI=1S/C17H21N3O3/c1-11-8-12(2)20(19-11)10-17(21)18-13(3)14-4-5-15-16(9-14)23-7-6-22-15/h4-5,8-9,13H,6-7,10H2,1-3H3,(H,18,21)/t13-/m0/s1. The summed E-state index contributed by atoms with van der Waals surface area (Å²) in [6.07, 6.45) is 0. The number of nitrogens with one attached hydrogen (secondary N) is 1. The molecule has 6 nitrogen and oxygen atoms in total. The van der Waals surface area contributed by atoms with E-state index in [1.165, 1.54) is 0 Å². The lowest BCUT2D eigenvalue weighted by atomic mass is 10.1. The first-order valence-corrected chi connectivity index (χ1v) is 7.73. The fourth-order valence-electron chi connectivity index (χ4n) is 2.67. The van der Waals surface area contributed by atoms with Crippen LogP contribution in [0.1, 0.15) is 29.9 Å². The second kappa shape index (κ2) is 6.32. The minimum absolute atomic E-state index is 0.0708. The second-order valence-electron chi connectivity index (χ2n) is 5.78. The van der Waals surface area contributed by atoms with Crippen molar-refractivity contribution in [2.45, 2.75) is 33.4 Å². The molecule has 2 aromatic rings. The van der Waals surface area contributed by atoms with Crippen LogP contribution in [0.2, 0.25) is 0 Å². The molecule has 23 heavy (non-hydrogen) atoms. The summed E-state index contributed by atoms with van der Waals surface area (Å²) in [5.74, 6) is 1.41. The van der Waals surface area contributed by atoms with Gasteiger partial charge in [0.15, 0.2) is 11.5 Å². The van der Waals surface area contributed by atoms with Gasteiger partial charge in [-0.1, -0.05) is 6.07 Å². The summed E-state index contributed by atoms with van der Waals surface area (Å²) < 4.78 is 12.8. The quantitative estimate of drug-likeness (QED) is 0.939. The summed E-state index contributed by atoms with van der Waals surface area (Å²) >= 11 is 0. The van der Waals surface area contributed by atoms with Gasteiger partial charge in [0.25, 0.3) is 0 Å². The maximum Gasteiger partial charge on any atom is 0.242 e. The highest BCUT2D eigenvalue weighted by molar-refractivity contribution is 5.76. The molecule has 0 saturated heterocycles. The number of aryl methyl sites for hydroxylation is 2. The lowest BCUT2D eigenvalue weighted by molar-refractivity contribution is -0.122. The van der Waals surface area contributed by atoms with Crippen molar-refractivity contribution in [2.75, 3.05) is 13.2 Å². The highest BCUT2D eigenvalue weighted by Gasteiger charge is 2.16. The minimum Gasteiger partial charge on any atom is -0.486 e. The van der Waals surface area contributed by atoms with Crippen molar-refractivity contribution in [3.8, 4) is 11.5 Å². The Bertz CT molecular complexity index is 724. The molecule has 0 aliphatic carbocycles. The largest absolute Gasteiger partial charge is 0.486 e. The van der Waals surface area contributed by atoms with Gasteiger partial charge in [-0.3, -0.25) is 9.48 Å². The summed E-state index contributed by atoms with van der Waals surface area (Å²) in [7, 11) is 0. The maximum absolute atomic E-state index is 12.2. The van der Waals surface area contributed by atoms with Crippen LogP contribution in [0.5, 0.6) is 11.5 Å². The average Bonchev–Trinajstić information content (AvgIpc) is 2.84. The SMILES string of the molecule is Cc1cc(C)n(CC(=O)N[C@@H](C)c2ccc3c(c2)OCCO3)n1. The highest BCUT2D eigenvalue weighted by Crippen LogP contribution is 2.32. The van der Waals surface area contributed by atoms with E-state index in [0.29, 0.717) is 13.2 Å². The van der Waals surface area contributed by atoms with Gasteiger partial charge in [-0.15, -0.1) is 0 Å². The Kier molecular flexibility index (Phi) is 4.23. The fraction of sp³-hybridized carbons (Fsp3) is 0.412. The van der Waals surface area contributed by atoms with Crippen LogP contribution in [0.15, 0.2) is 24.3 Å². The van der Waals surface area contributed by atoms with E-state index >= 15 is 0 Å². The zero-order valence-electron chi connectivity index (χ0n) is 13.6. The van der Waals surface area contributed by atoms with E-state index in [1.54, 1.807) is 4.68 Å². The first kappa shape index (κ1) is 15.4. The molecule has 1 aliphatic rings. The normalized spacial score (nSPS) is 14.4. The van der Waals surface area contributed by atoms with Gasteiger partial charge >= 0.3 is 0 Å². The average molecular weight is 315 g/mol. The van der Waals surface area contributed by atoms with E-state index in [2.05, 4.69) is 10.4 Å². The van der Waals surface area contributed by atoms with E-state index in [0.717, 1.165) is 28.5 Å². The third-order valence-electron chi connectivity index (χ3n) is 3.84. The fourth-order valence-corrected chi connectivity index (χ4v) is 2.67. The lowest BCUT2D eigenvalue weighted by Crippen LogP contribution is -2.30. The van der Waals surface area contributed by atoms with Crippen LogP contribution >= 0.6 is 0 Å². The van der Waals surface area contributed by atoms with Crippen LogP contribution in [0.4, 0.5) is 0 Å². The smallest absolute Gasteiger partial charge is 0.242 e. The van der Waals surface area contributed by atoms with Crippen LogP contribution in [0, 0.1) is 13.8 Å². The van der Waals surface area contributed by atoms with Crippen LogP contribution < -0.4 is 14.8 Å². The number of hydrogen-bond donors (Lipinski definition) is 1. The number of benzene rings is 1. The van der Waals surface area contributed by atoms with Crippen molar-refractivity contribution in [3.63, 3.8) is 0 Å². The van der Waals surface area contributed by atoms with Crippen LogP contribution in [0.25, 0.3) is 0 Å².